The first kappa shape index (κ1) is 17.3. The number of para-hydroxylation sites is 2. The number of rotatable bonds is 4. The molecule has 1 unspecified atom stereocenters. The summed E-state index contributed by atoms with van der Waals surface area (Å²) in [6.45, 7) is 1.59. The van der Waals surface area contributed by atoms with E-state index in [1.54, 1.807) is 24.3 Å². The maximum absolute atomic E-state index is 12.1. The maximum Gasteiger partial charge on any atom is 0.351 e. The van der Waals surface area contributed by atoms with Gasteiger partial charge in [-0.3, -0.25) is 4.79 Å². The Morgan fingerprint density at radius 1 is 1.24 bits per heavy atom. The lowest BCUT2D eigenvalue weighted by Crippen LogP contribution is -2.39. The topological polar surface area (TPSA) is 73.9 Å². The van der Waals surface area contributed by atoms with Gasteiger partial charge in [-0.2, -0.15) is 0 Å². The van der Waals surface area contributed by atoms with Crippen LogP contribution in [0.15, 0.2) is 46.9 Å². The Hall–Kier alpha value is -2.54. The molecule has 25 heavy (non-hydrogen) atoms. The summed E-state index contributed by atoms with van der Waals surface area (Å²) in [5.41, 5.74) is 1.67. The molecule has 1 amide bonds. The van der Waals surface area contributed by atoms with Gasteiger partial charge in [0.25, 0.3) is 5.91 Å². The average Bonchev–Trinajstić information content (AvgIpc) is 2.61. The molecule has 3 rings (SSSR count). The van der Waals surface area contributed by atoms with E-state index in [-0.39, 0.29) is 6.61 Å². The summed E-state index contributed by atoms with van der Waals surface area (Å²) in [6, 6.07) is 12.6. The number of benzene rings is 2. The van der Waals surface area contributed by atoms with Crippen molar-refractivity contribution in [3.8, 4) is 11.5 Å². The van der Waals surface area contributed by atoms with E-state index in [9.17, 15) is 9.59 Å². The number of ether oxygens (including phenoxy) is 3. The Morgan fingerprint density at radius 2 is 2.00 bits per heavy atom. The molecule has 0 radical (unpaired) electrons. The van der Waals surface area contributed by atoms with Crippen molar-refractivity contribution >= 4 is 33.5 Å². The summed E-state index contributed by atoms with van der Waals surface area (Å²) in [5.74, 6) is -0.0279. The molecule has 2 aromatic carbocycles. The molecule has 1 N–H and O–H groups in total. The SMILES string of the molecule is Cc1ccc(NC(=O)COC(=O)C2COc3ccccc3O2)c(Br)c1. The van der Waals surface area contributed by atoms with Gasteiger partial charge >= 0.3 is 5.97 Å². The second-order valence-corrected chi connectivity index (χ2v) is 6.36. The van der Waals surface area contributed by atoms with Crippen LogP contribution in [0.4, 0.5) is 5.69 Å². The van der Waals surface area contributed by atoms with Crippen LogP contribution >= 0.6 is 15.9 Å². The van der Waals surface area contributed by atoms with Crippen molar-refractivity contribution in [1.82, 2.24) is 0 Å². The van der Waals surface area contributed by atoms with Gasteiger partial charge in [-0.25, -0.2) is 4.79 Å². The van der Waals surface area contributed by atoms with Gasteiger partial charge in [0.2, 0.25) is 6.10 Å². The van der Waals surface area contributed by atoms with E-state index in [4.69, 9.17) is 14.2 Å². The Labute approximate surface area is 153 Å². The molecule has 1 atom stereocenters. The number of hydrogen-bond donors (Lipinski definition) is 1. The van der Waals surface area contributed by atoms with Gasteiger partial charge in [0, 0.05) is 4.47 Å². The van der Waals surface area contributed by atoms with E-state index in [1.165, 1.54) is 0 Å². The number of hydrogen-bond acceptors (Lipinski definition) is 5. The molecule has 0 saturated carbocycles. The quantitative estimate of drug-likeness (QED) is 0.791. The van der Waals surface area contributed by atoms with Crippen LogP contribution in [0.3, 0.4) is 0 Å². The van der Waals surface area contributed by atoms with Crippen molar-refractivity contribution in [2.24, 2.45) is 0 Å². The number of anilines is 1. The molecule has 0 aromatic heterocycles. The molecule has 0 bridgehead atoms. The van der Waals surface area contributed by atoms with Crippen LogP contribution in [0.25, 0.3) is 0 Å². The predicted octanol–water partition coefficient (Wildman–Crippen LogP) is 3.08. The lowest BCUT2D eigenvalue weighted by Gasteiger charge is -2.24. The first-order valence-corrected chi connectivity index (χ1v) is 8.43. The second-order valence-electron chi connectivity index (χ2n) is 5.50. The number of esters is 1. The minimum Gasteiger partial charge on any atom is -0.485 e. The van der Waals surface area contributed by atoms with Gasteiger partial charge < -0.3 is 19.5 Å². The summed E-state index contributed by atoms with van der Waals surface area (Å²) in [7, 11) is 0. The van der Waals surface area contributed by atoms with Crippen molar-refractivity contribution in [1.29, 1.82) is 0 Å². The van der Waals surface area contributed by atoms with Gasteiger partial charge in [-0.1, -0.05) is 18.2 Å². The van der Waals surface area contributed by atoms with E-state index < -0.39 is 24.6 Å². The number of amides is 1. The molecule has 0 spiro atoms. The monoisotopic (exact) mass is 405 g/mol. The van der Waals surface area contributed by atoms with Crippen molar-refractivity contribution in [3.05, 3.63) is 52.5 Å². The summed E-state index contributed by atoms with van der Waals surface area (Å²) in [4.78, 5) is 24.0. The highest BCUT2D eigenvalue weighted by Crippen LogP contribution is 2.31. The molecule has 0 saturated heterocycles. The Kier molecular flexibility index (Phi) is 5.23. The second kappa shape index (κ2) is 7.57. The largest absolute Gasteiger partial charge is 0.485 e. The number of carbonyl (C=O) groups is 2. The number of carbonyl (C=O) groups excluding carboxylic acids is 2. The van der Waals surface area contributed by atoms with Crippen LogP contribution in [0, 0.1) is 6.92 Å². The fourth-order valence-electron chi connectivity index (χ4n) is 2.27. The van der Waals surface area contributed by atoms with Crippen LogP contribution in [-0.2, 0) is 14.3 Å². The van der Waals surface area contributed by atoms with E-state index in [1.807, 2.05) is 25.1 Å². The van der Waals surface area contributed by atoms with Crippen molar-refractivity contribution < 1.29 is 23.8 Å². The van der Waals surface area contributed by atoms with Crippen LogP contribution in [0.5, 0.6) is 11.5 Å². The number of fused-ring (bicyclic) bond motifs is 1. The van der Waals surface area contributed by atoms with Crippen molar-refractivity contribution in [2.75, 3.05) is 18.5 Å². The van der Waals surface area contributed by atoms with E-state index in [2.05, 4.69) is 21.2 Å². The molecule has 0 fully saturated rings. The molecular formula is C18H16BrNO5. The maximum atomic E-state index is 12.1. The Morgan fingerprint density at radius 3 is 2.76 bits per heavy atom. The van der Waals surface area contributed by atoms with Crippen LogP contribution < -0.4 is 14.8 Å². The average molecular weight is 406 g/mol. The highest BCUT2D eigenvalue weighted by Gasteiger charge is 2.29. The highest BCUT2D eigenvalue weighted by molar-refractivity contribution is 9.10. The standard InChI is InChI=1S/C18H16BrNO5/c1-11-6-7-13(12(19)8-11)20-17(21)10-24-18(22)16-9-23-14-4-2-3-5-15(14)25-16/h2-8,16H,9-10H2,1H3,(H,20,21). The van der Waals surface area contributed by atoms with Crippen molar-refractivity contribution in [3.63, 3.8) is 0 Å². The molecule has 1 aliphatic rings. The molecule has 1 aliphatic heterocycles. The van der Waals surface area contributed by atoms with E-state index >= 15 is 0 Å². The Balaban J connectivity index is 1.51. The fraction of sp³-hybridized carbons (Fsp3) is 0.222. The third kappa shape index (κ3) is 4.30. The third-order valence-corrected chi connectivity index (χ3v) is 4.17. The lowest BCUT2D eigenvalue weighted by atomic mass is 10.2. The smallest absolute Gasteiger partial charge is 0.351 e. The van der Waals surface area contributed by atoms with Gasteiger partial charge in [0.15, 0.2) is 18.1 Å². The van der Waals surface area contributed by atoms with Gasteiger partial charge in [-0.15, -0.1) is 0 Å². The predicted molar refractivity (Wildman–Crippen MR) is 94.8 cm³/mol. The van der Waals surface area contributed by atoms with Gasteiger partial charge in [-0.05, 0) is 52.7 Å². The summed E-state index contributed by atoms with van der Waals surface area (Å²) in [6.07, 6.45) is -0.895. The van der Waals surface area contributed by atoms with Crippen molar-refractivity contribution in [2.45, 2.75) is 13.0 Å². The first-order valence-electron chi connectivity index (χ1n) is 7.64. The molecule has 0 aliphatic carbocycles. The summed E-state index contributed by atoms with van der Waals surface area (Å²) in [5, 5.41) is 2.68. The Bertz CT molecular complexity index is 808. The number of aryl methyl sites for hydroxylation is 1. The van der Waals surface area contributed by atoms with E-state index in [0.29, 0.717) is 17.2 Å². The number of halogens is 1. The van der Waals surface area contributed by atoms with Crippen LogP contribution in [-0.4, -0.2) is 31.2 Å². The molecule has 6 nitrogen and oxygen atoms in total. The first-order chi connectivity index (χ1) is 12.0. The zero-order valence-electron chi connectivity index (χ0n) is 13.5. The minimum absolute atomic E-state index is 0.0426. The van der Waals surface area contributed by atoms with Gasteiger partial charge in [0.1, 0.15) is 6.61 Å². The molecular weight excluding hydrogens is 390 g/mol. The van der Waals surface area contributed by atoms with Gasteiger partial charge in [0.05, 0.1) is 5.69 Å². The third-order valence-electron chi connectivity index (χ3n) is 3.52. The molecule has 130 valence electrons. The normalized spacial score (nSPS) is 15.4. The zero-order chi connectivity index (χ0) is 17.8. The summed E-state index contributed by atoms with van der Waals surface area (Å²) >= 11 is 3.37. The zero-order valence-corrected chi connectivity index (χ0v) is 15.0. The molecule has 2 aromatic rings. The van der Waals surface area contributed by atoms with Crippen LogP contribution in [0.1, 0.15) is 5.56 Å². The van der Waals surface area contributed by atoms with Crippen LogP contribution in [0.2, 0.25) is 0 Å². The molecule has 1 heterocycles. The highest BCUT2D eigenvalue weighted by atomic mass is 79.9. The summed E-state index contributed by atoms with van der Waals surface area (Å²) < 4.78 is 16.8. The number of nitrogens with one attached hydrogen (secondary N) is 1. The molecule has 7 heteroatoms. The van der Waals surface area contributed by atoms with E-state index in [0.717, 1.165) is 10.0 Å². The fourth-order valence-corrected chi connectivity index (χ4v) is 2.87. The minimum atomic E-state index is -0.895. The lowest BCUT2D eigenvalue weighted by molar-refractivity contribution is -0.156.